The molecule has 1 aromatic rings. The minimum Gasteiger partial charge on any atom is -0.504 e. The maximum Gasteiger partial charge on any atom is 0.485 e. The van der Waals surface area contributed by atoms with Crippen LogP contribution in [0.3, 0.4) is 0 Å². The molecule has 0 aromatic heterocycles. The highest BCUT2D eigenvalue weighted by Gasteiger charge is 2.28. The number of benzene rings is 1. The van der Waals surface area contributed by atoms with Crippen LogP contribution in [0.5, 0.6) is 17.2 Å². The third-order valence-corrected chi connectivity index (χ3v) is 1.96. The van der Waals surface area contributed by atoms with Gasteiger partial charge in [0.1, 0.15) is 0 Å². The van der Waals surface area contributed by atoms with Crippen LogP contribution in [0.2, 0.25) is 0 Å². The van der Waals surface area contributed by atoms with Crippen molar-refractivity contribution in [3.05, 3.63) is 18.2 Å². The average molecular weight is 204 g/mol. The number of aromatic hydroxyl groups is 1. The fourth-order valence-corrected chi connectivity index (χ4v) is 1.40. The molecule has 1 aromatic carbocycles. The van der Waals surface area contributed by atoms with Crippen LogP contribution in [0.1, 0.15) is 0 Å². The Balaban J connectivity index is 2.56. The van der Waals surface area contributed by atoms with E-state index in [0.29, 0.717) is 0 Å². The Labute approximate surface area is 73.5 Å². The van der Waals surface area contributed by atoms with E-state index in [-0.39, 0.29) is 17.2 Å². The number of hydrogen-bond acceptors (Lipinski definition) is 6. The number of fused-ring (bicyclic) bond motifs is 1. The first-order valence-corrected chi connectivity index (χ1v) is 4.54. The second-order valence-electron chi connectivity index (χ2n) is 2.25. The van der Waals surface area contributed by atoms with Crippen molar-refractivity contribution in [1.29, 1.82) is 0 Å². The lowest BCUT2D eigenvalue weighted by atomic mass is 10.3. The van der Waals surface area contributed by atoms with E-state index in [1.807, 2.05) is 0 Å². The maximum absolute atomic E-state index is 10.7. The molecule has 1 aliphatic rings. The zero-order valence-corrected chi connectivity index (χ0v) is 6.95. The molecule has 0 aliphatic carbocycles. The Hall–Kier alpha value is -1.47. The van der Waals surface area contributed by atoms with Gasteiger partial charge < -0.3 is 14.2 Å². The SMILES string of the molecule is O=S1(=O)OOc2cccc(O)c2O1. The molecule has 1 N–H and O–H groups in total. The molecule has 0 atom stereocenters. The van der Waals surface area contributed by atoms with Crippen LogP contribution >= 0.6 is 0 Å². The quantitative estimate of drug-likeness (QED) is 0.613. The van der Waals surface area contributed by atoms with Crippen molar-refractivity contribution < 1.29 is 26.9 Å². The van der Waals surface area contributed by atoms with E-state index in [4.69, 9.17) is 5.11 Å². The Bertz CT molecular complexity index is 436. The molecule has 2 rings (SSSR count). The predicted octanol–water partition coefficient (Wildman–Crippen LogP) is 0.340. The Kier molecular flexibility index (Phi) is 1.57. The van der Waals surface area contributed by atoms with E-state index in [1.165, 1.54) is 18.2 Å². The van der Waals surface area contributed by atoms with Crippen molar-refractivity contribution in [2.75, 3.05) is 0 Å². The van der Waals surface area contributed by atoms with Crippen LogP contribution in [0.4, 0.5) is 0 Å². The van der Waals surface area contributed by atoms with Crippen LogP contribution in [-0.2, 0) is 14.7 Å². The molecule has 0 amide bonds. The van der Waals surface area contributed by atoms with E-state index in [2.05, 4.69) is 13.4 Å². The third kappa shape index (κ3) is 1.38. The highest BCUT2D eigenvalue weighted by molar-refractivity contribution is 7.82. The first-order valence-electron chi connectivity index (χ1n) is 3.21. The van der Waals surface area contributed by atoms with E-state index >= 15 is 0 Å². The van der Waals surface area contributed by atoms with Gasteiger partial charge in [0, 0.05) is 0 Å². The Morgan fingerprint density at radius 3 is 2.85 bits per heavy atom. The summed E-state index contributed by atoms with van der Waals surface area (Å²) in [5.74, 6) is -0.590. The largest absolute Gasteiger partial charge is 0.504 e. The lowest BCUT2D eigenvalue weighted by molar-refractivity contribution is -0.112. The predicted molar refractivity (Wildman–Crippen MR) is 39.4 cm³/mol. The smallest absolute Gasteiger partial charge is 0.485 e. The topological polar surface area (TPSA) is 82.1 Å². The normalized spacial score (nSPS) is 18.2. The maximum atomic E-state index is 10.7. The van der Waals surface area contributed by atoms with Crippen LogP contribution < -0.4 is 9.07 Å². The van der Waals surface area contributed by atoms with Crippen molar-refractivity contribution in [3.63, 3.8) is 0 Å². The van der Waals surface area contributed by atoms with Gasteiger partial charge in [0.05, 0.1) is 0 Å². The summed E-state index contributed by atoms with van der Waals surface area (Å²) in [4.78, 5) is 4.35. The zero-order chi connectivity index (χ0) is 9.47. The molecule has 1 aliphatic heterocycles. The molecule has 0 unspecified atom stereocenters. The van der Waals surface area contributed by atoms with Gasteiger partial charge in [0.25, 0.3) is 0 Å². The number of phenolic OH excluding ortho intramolecular Hbond substituents is 1. The van der Waals surface area contributed by atoms with Crippen LogP contribution in [0, 0.1) is 0 Å². The summed E-state index contributed by atoms with van der Waals surface area (Å²) in [5.41, 5.74) is 0. The van der Waals surface area contributed by atoms with Crippen molar-refractivity contribution in [2.45, 2.75) is 0 Å². The molecular formula is C6H4O6S. The fraction of sp³-hybridized carbons (Fsp3) is 0. The van der Waals surface area contributed by atoms with Gasteiger partial charge in [-0.25, -0.2) is 0 Å². The van der Waals surface area contributed by atoms with Gasteiger partial charge in [-0.3, -0.25) is 0 Å². The van der Waals surface area contributed by atoms with Crippen LogP contribution in [0.15, 0.2) is 18.2 Å². The summed E-state index contributed by atoms with van der Waals surface area (Å²) < 4.78 is 29.6. The summed E-state index contributed by atoms with van der Waals surface area (Å²) in [6.07, 6.45) is 0. The van der Waals surface area contributed by atoms with Gasteiger partial charge in [-0.05, 0) is 16.5 Å². The van der Waals surface area contributed by atoms with Crippen LogP contribution in [0.25, 0.3) is 0 Å². The van der Waals surface area contributed by atoms with E-state index in [0.717, 1.165) is 0 Å². The summed E-state index contributed by atoms with van der Waals surface area (Å²) in [6, 6.07) is 4.12. The average Bonchev–Trinajstić information content (AvgIpc) is 2.06. The highest BCUT2D eigenvalue weighted by atomic mass is 32.3. The van der Waals surface area contributed by atoms with Crippen molar-refractivity contribution in [2.24, 2.45) is 0 Å². The summed E-state index contributed by atoms with van der Waals surface area (Å²) >= 11 is 0. The standard InChI is InChI=1S/C6H4O6S/c7-4-2-1-3-5-6(4)11-13(8,9)12-10-5/h1-3,7H. The van der Waals surface area contributed by atoms with Crippen molar-refractivity contribution in [1.82, 2.24) is 0 Å². The molecule has 13 heavy (non-hydrogen) atoms. The lowest BCUT2D eigenvalue weighted by Crippen LogP contribution is -2.20. The Morgan fingerprint density at radius 2 is 2.08 bits per heavy atom. The first-order chi connectivity index (χ1) is 6.08. The molecule has 0 radical (unpaired) electrons. The molecule has 0 spiro atoms. The van der Waals surface area contributed by atoms with Gasteiger partial charge in [-0.1, -0.05) is 6.07 Å². The zero-order valence-electron chi connectivity index (χ0n) is 6.13. The number of para-hydroxylation sites is 1. The minimum absolute atomic E-state index is 0.00910. The van der Waals surface area contributed by atoms with Gasteiger partial charge in [-0.2, -0.15) is 8.42 Å². The molecule has 0 fully saturated rings. The molecule has 0 saturated heterocycles. The van der Waals surface area contributed by atoms with Gasteiger partial charge >= 0.3 is 10.4 Å². The van der Waals surface area contributed by atoms with Gasteiger partial charge in [0.15, 0.2) is 5.75 Å². The van der Waals surface area contributed by atoms with E-state index in [9.17, 15) is 8.42 Å². The summed E-state index contributed by atoms with van der Waals surface area (Å²) in [7, 11) is -4.20. The molecule has 7 heteroatoms. The molecule has 0 bridgehead atoms. The van der Waals surface area contributed by atoms with Crippen molar-refractivity contribution >= 4 is 10.4 Å². The molecule has 0 saturated carbocycles. The molecule has 6 nitrogen and oxygen atoms in total. The van der Waals surface area contributed by atoms with Crippen LogP contribution in [-0.4, -0.2) is 13.5 Å². The first kappa shape index (κ1) is 8.14. The molecule has 70 valence electrons. The third-order valence-electron chi connectivity index (χ3n) is 1.35. The number of hydrogen-bond donors (Lipinski definition) is 1. The van der Waals surface area contributed by atoms with Gasteiger partial charge in [0.2, 0.25) is 11.5 Å². The highest BCUT2D eigenvalue weighted by Crippen LogP contribution is 2.39. The summed E-state index contributed by atoms with van der Waals surface area (Å²) in [6.45, 7) is 0. The molecule has 1 heterocycles. The fourth-order valence-electron chi connectivity index (χ4n) is 0.848. The van der Waals surface area contributed by atoms with Crippen molar-refractivity contribution in [3.8, 4) is 17.2 Å². The number of phenols is 1. The van der Waals surface area contributed by atoms with E-state index in [1.54, 1.807) is 0 Å². The minimum atomic E-state index is -4.20. The van der Waals surface area contributed by atoms with E-state index < -0.39 is 10.4 Å². The lowest BCUT2D eigenvalue weighted by Gasteiger charge is -2.15. The van der Waals surface area contributed by atoms with Gasteiger partial charge in [-0.15, -0.1) is 0 Å². The Morgan fingerprint density at radius 1 is 1.31 bits per heavy atom. The molecular weight excluding hydrogens is 200 g/mol. The second kappa shape index (κ2) is 2.51. The second-order valence-corrected chi connectivity index (χ2v) is 3.37. The number of rotatable bonds is 0. The summed E-state index contributed by atoms with van der Waals surface area (Å²) in [5, 5.41) is 9.16. The monoisotopic (exact) mass is 204 g/mol.